The van der Waals surface area contributed by atoms with E-state index in [0.29, 0.717) is 19.4 Å². The van der Waals surface area contributed by atoms with Crippen molar-refractivity contribution in [3.63, 3.8) is 0 Å². The van der Waals surface area contributed by atoms with E-state index in [1.54, 1.807) is 7.05 Å². The van der Waals surface area contributed by atoms with Crippen LogP contribution in [-0.4, -0.2) is 56.3 Å². The monoisotopic (exact) mass is 804 g/mol. The van der Waals surface area contributed by atoms with Gasteiger partial charge in [0.15, 0.2) is 6.10 Å². The number of phosphoric ester groups is 1. The minimum atomic E-state index is -4.37. The molecule has 10 heteroatoms. The van der Waals surface area contributed by atoms with Crippen molar-refractivity contribution in [2.75, 3.05) is 33.4 Å². The van der Waals surface area contributed by atoms with Crippen LogP contribution in [0.25, 0.3) is 0 Å². The molecule has 0 saturated carbocycles. The minimum Gasteiger partial charge on any atom is -0.462 e. The standard InChI is InChI=1S/C46H78NO8P/c1-4-6-8-10-12-14-16-18-20-22-24-26-28-30-32-34-36-38-45(48)52-42-44(43-54-56(50,51)53-41-40-47-3)55-46(49)39-37-35-33-31-29-27-25-23-21-19-17-15-13-11-9-7-5-2/h7,9,12-15,18-21,25,27,31,33,44,47H,4-6,8,10-11,16-17,22-24,26,28-30,32,34-43H2,1-3H3,(H,50,51)/b9-7-,14-12-,15-13-,20-18-,21-19-,27-25-,33-31-. The molecule has 0 amide bonds. The molecule has 0 aromatic carbocycles. The zero-order chi connectivity index (χ0) is 41.1. The van der Waals surface area contributed by atoms with Gasteiger partial charge in [-0.05, 0) is 90.5 Å². The zero-order valence-corrected chi connectivity index (χ0v) is 36.2. The Morgan fingerprint density at radius 1 is 0.571 bits per heavy atom. The first kappa shape index (κ1) is 53.2. The Morgan fingerprint density at radius 3 is 1.57 bits per heavy atom. The van der Waals surface area contributed by atoms with Crippen molar-refractivity contribution in [1.82, 2.24) is 5.32 Å². The number of likely N-dealkylation sites (N-methyl/N-ethyl adjacent to an activating group) is 1. The van der Waals surface area contributed by atoms with E-state index in [-0.39, 0.29) is 26.1 Å². The normalized spacial score (nSPS) is 14.1. The van der Waals surface area contributed by atoms with Crippen molar-refractivity contribution < 1.29 is 37.6 Å². The van der Waals surface area contributed by atoms with Crippen LogP contribution in [0.3, 0.4) is 0 Å². The van der Waals surface area contributed by atoms with E-state index in [4.69, 9.17) is 18.5 Å². The fraction of sp³-hybridized carbons (Fsp3) is 0.652. The summed E-state index contributed by atoms with van der Waals surface area (Å²) in [6.07, 6.45) is 50.6. The van der Waals surface area contributed by atoms with Gasteiger partial charge in [-0.1, -0.05) is 144 Å². The summed E-state index contributed by atoms with van der Waals surface area (Å²) in [6, 6.07) is 0. The van der Waals surface area contributed by atoms with Crippen molar-refractivity contribution in [1.29, 1.82) is 0 Å². The molecule has 0 spiro atoms. The van der Waals surface area contributed by atoms with Gasteiger partial charge in [0, 0.05) is 19.4 Å². The number of unbranched alkanes of at least 4 members (excludes halogenated alkanes) is 11. The number of rotatable bonds is 39. The van der Waals surface area contributed by atoms with Crippen molar-refractivity contribution in [3.8, 4) is 0 Å². The maximum atomic E-state index is 12.6. The average molecular weight is 804 g/mol. The second kappa shape index (κ2) is 41.8. The summed E-state index contributed by atoms with van der Waals surface area (Å²) in [5.74, 6) is -0.892. The van der Waals surface area contributed by atoms with Crippen LogP contribution >= 0.6 is 7.82 Å². The maximum Gasteiger partial charge on any atom is 0.472 e. The number of carbonyl (C=O) groups excluding carboxylic acids is 2. The molecule has 0 aliphatic rings. The van der Waals surface area contributed by atoms with E-state index in [0.717, 1.165) is 70.6 Å². The first-order valence-electron chi connectivity index (χ1n) is 21.5. The Bertz CT molecular complexity index is 1190. The molecule has 0 aliphatic heterocycles. The smallest absolute Gasteiger partial charge is 0.462 e. The van der Waals surface area contributed by atoms with E-state index < -0.39 is 32.5 Å². The molecule has 0 saturated heterocycles. The quantitative estimate of drug-likeness (QED) is 0.0271. The topological polar surface area (TPSA) is 120 Å². The van der Waals surface area contributed by atoms with E-state index >= 15 is 0 Å². The SMILES string of the molecule is CC/C=C\C/C=C\C/C=C\C/C=C\C/C=C\CCCC(=O)OC(COC(=O)CCCCCCCCC/C=C\C/C=C\CCCCC)COP(=O)(O)OCCNC. The van der Waals surface area contributed by atoms with Gasteiger partial charge >= 0.3 is 19.8 Å². The molecule has 2 unspecified atom stereocenters. The third kappa shape index (κ3) is 40.8. The number of hydrogen-bond donors (Lipinski definition) is 2. The molecule has 0 aromatic rings. The van der Waals surface area contributed by atoms with Gasteiger partial charge < -0.3 is 19.7 Å². The Labute approximate surface area is 341 Å². The van der Waals surface area contributed by atoms with Crippen molar-refractivity contribution in [2.45, 2.75) is 161 Å². The minimum absolute atomic E-state index is 0.0335. The van der Waals surface area contributed by atoms with Gasteiger partial charge in [0.25, 0.3) is 0 Å². The molecular formula is C46H78NO8P. The lowest BCUT2D eigenvalue weighted by Crippen LogP contribution is -2.29. The third-order valence-electron chi connectivity index (χ3n) is 8.50. The van der Waals surface area contributed by atoms with Crippen LogP contribution in [0.1, 0.15) is 155 Å². The summed E-state index contributed by atoms with van der Waals surface area (Å²) >= 11 is 0. The van der Waals surface area contributed by atoms with Gasteiger partial charge in [-0.25, -0.2) is 4.57 Å². The second-order valence-corrected chi connectivity index (χ2v) is 15.2. The van der Waals surface area contributed by atoms with Crippen LogP contribution in [0, 0.1) is 0 Å². The first-order chi connectivity index (χ1) is 27.3. The first-order valence-corrected chi connectivity index (χ1v) is 23.0. The van der Waals surface area contributed by atoms with Crippen LogP contribution in [0.15, 0.2) is 85.1 Å². The Morgan fingerprint density at radius 2 is 1.04 bits per heavy atom. The summed E-state index contributed by atoms with van der Waals surface area (Å²) in [5.41, 5.74) is 0. The predicted octanol–water partition coefficient (Wildman–Crippen LogP) is 12.3. The van der Waals surface area contributed by atoms with Crippen molar-refractivity contribution in [3.05, 3.63) is 85.1 Å². The fourth-order valence-corrected chi connectivity index (χ4v) is 6.02. The summed E-state index contributed by atoms with van der Waals surface area (Å²) in [6.45, 7) is 3.99. The molecule has 56 heavy (non-hydrogen) atoms. The van der Waals surface area contributed by atoms with E-state index in [9.17, 15) is 19.0 Å². The number of nitrogens with one attached hydrogen (secondary N) is 1. The maximum absolute atomic E-state index is 12.6. The summed E-state index contributed by atoms with van der Waals surface area (Å²) < 4.78 is 33.1. The van der Waals surface area contributed by atoms with Crippen LogP contribution in [0.2, 0.25) is 0 Å². The van der Waals surface area contributed by atoms with Crippen LogP contribution < -0.4 is 5.32 Å². The highest BCUT2D eigenvalue weighted by atomic mass is 31.2. The molecule has 0 aliphatic carbocycles. The molecule has 0 rings (SSSR count). The molecule has 9 nitrogen and oxygen atoms in total. The van der Waals surface area contributed by atoms with Gasteiger partial charge in [0.1, 0.15) is 6.61 Å². The highest BCUT2D eigenvalue weighted by Crippen LogP contribution is 2.43. The van der Waals surface area contributed by atoms with Gasteiger partial charge in [0.05, 0.1) is 13.2 Å². The van der Waals surface area contributed by atoms with Crippen LogP contribution in [0.4, 0.5) is 0 Å². The molecule has 0 heterocycles. The third-order valence-corrected chi connectivity index (χ3v) is 9.48. The highest BCUT2D eigenvalue weighted by Gasteiger charge is 2.26. The lowest BCUT2D eigenvalue weighted by molar-refractivity contribution is -0.161. The zero-order valence-electron chi connectivity index (χ0n) is 35.3. The number of allylic oxidation sites excluding steroid dienone is 14. The van der Waals surface area contributed by atoms with Gasteiger partial charge in [-0.15, -0.1) is 0 Å². The van der Waals surface area contributed by atoms with E-state index in [1.807, 2.05) is 6.08 Å². The molecule has 320 valence electrons. The molecule has 0 aromatic heterocycles. The number of phosphoric acid groups is 1. The molecule has 0 bridgehead atoms. The average Bonchev–Trinajstić information content (AvgIpc) is 3.18. The summed E-state index contributed by atoms with van der Waals surface area (Å²) in [7, 11) is -2.68. The molecule has 0 fully saturated rings. The Balaban J connectivity index is 4.35. The van der Waals surface area contributed by atoms with Gasteiger partial charge in [-0.2, -0.15) is 0 Å². The van der Waals surface area contributed by atoms with Crippen LogP contribution in [0.5, 0.6) is 0 Å². The Hall–Kier alpha value is -2.81. The lowest BCUT2D eigenvalue weighted by atomic mass is 10.1. The van der Waals surface area contributed by atoms with Crippen molar-refractivity contribution in [2.24, 2.45) is 0 Å². The van der Waals surface area contributed by atoms with Gasteiger partial charge in [0.2, 0.25) is 0 Å². The highest BCUT2D eigenvalue weighted by molar-refractivity contribution is 7.47. The number of hydrogen-bond acceptors (Lipinski definition) is 8. The molecule has 2 atom stereocenters. The molecule has 0 radical (unpaired) electrons. The summed E-state index contributed by atoms with van der Waals surface area (Å²) in [4.78, 5) is 35.0. The number of esters is 2. The summed E-state index contributed by atoms with van der Waals surface area (Å²) in [5, 5.41) is 2.81. The molecule has 2 N–H and O–H groups in total. The Kier molecular flexibility index (Phi) is 39.7. The fourth-order valence-electron chi connectivity index (χ4n) is 5.26. The number of carbonyl (C=O) groups is 2. The van der Waals surface area contributed by atoms with Gasteiger partial charge in [-0.3, -0.25) is 18.6 Å². The van der Waals surface area contributed by atoms with E-state index in [2.05, 4.69) is 98.2 Å². The number of ether oxygens (including phenoxy) is 2. The van der Waals surface area contributed by atoms with E-state index in [1.165, 1.54) is 44.9 Å². The predicted molar refractivity (Wildman–Crippen MR) is 233 cm³/mol. The molecular weight excluding hydrogens is 725 g/mol. The van der Waals surface area contributed by atoms with Crippen molar-refractivity contribution >= 4 is 19.8 Å². The second-order valence-electron chi connectivity index (χ2n) is 13.8. The van der Waals surface area contributed by atoms with Crippen LogP contribution in [-0.2, 0) is 32.7 Å². The largest absolute Gasteiger partial charge is 0.472 e. The lowest BCUT2D eigenvalue weighted by Gasteiger charge is -2.20.